The van der Waals surface area contributed by atoms with Crippen molar-refractivity contribution in [2.45, 2.75) is 46.2 Å². The summed E-state index contributed by atoms with van der Waals surface area (Å²) in [5.74, 6) is 0.918. The van der Waals surface area contributed by atoms with Gasteiger partial charge in [0.05, 0.1) is 6.54 Å². The molecular weight excluding hydrogens is 250 g/mol. The fourth-order valence-electron chi connectivity index (χ4n) is 2.26. The van der Waals surface area contributed by atoms with E-state index in [2.05, 4.69) is 62.1 Å². The van der Waals surface area contributed by atoms with E-state index in [1.54, 1.807) is 0 Å². The third-order valence-electron chi connectivity index (χ3n) is 3.51. The minimum Gasteiger partial charge on any atom is -0.357 e. The Morgan fingerprint density at radius 2 is 1.80 bits per heavy atom. The lowest BCUT2D eigenvalue weighted by Crippen LogP contribution is -2.50. The normalized spacial score (nSPS) is 20.8. The number of hydrogen-bond acceptors (Lipinski definition) is 3. The molecule has 0 spiro atoms. The Balaban J connectivity index is 2.49. The fourth-order valence-corrected chi connectivity index (χ4v) is 2.26. The molecule has 118 valence electrons. The average Bonchev–Trinajstić information content (AvgIpc) is 2.35. The van der Waals surface area contributed by atoms with Crippen LogP contribution in [0.1, 0.15) is 34.6 Å². The topological polar surface area (TPSA) is 42.9 Å². The van der Waals surface area contributed by atoms with Gasteiger partial charge in [-0.3, -0.25) is 9.89 Å². The maximum Gasteiger partial charge on any atom is 0.191 e. The van der Waals surface area contributed by atoms with Gasteiger partial charge >= 0.3 is 0 Å². The summed E-state index contributed by atoms with van der Waals surface area (Å²) in [6.45, 7) is 17.2. The van der Waals surface area contributed by atoms with Crippen molar-refractivity contribution in [1.29, 1.82) is 0 Å². The monoisotopic (exact) mass is 283 g/mol. The Bertz CT molecular complexity index is 300. The lowest BCUT2D eigenvalue weighted by Gasteiger charge is -2.36. The number of rotatable bonds is 4. The smallest absolute Gasteiger partial charge is 0.191 e. The van der Waals surface area contributed by atoms with Crippen LogP contribution in [0.15, 0.2) is 4.99 Å². The second-order valence-electron chi connectivity index (χ2n) is 6.78. The van der Waals surface area contributed by atoms with Crippen LogP contribution in [0.2, 0.25) is 0 Å². The highest BCUT2D eigenvalue weighted by molar-refractivity contribution is 5.80. The van der Waals surface area contributed by atoms with Gasteiger partial charge in [0, 0.05) is 44.3 Å². The third kappa shape index (κ3) is 6.57. The minimum absolute atomic E-state index is 0.0398. The van der Waals surface area contributed by atoms with Gasteiger partial charge in [0.25, 0.3) is 0 Å². The van der Waals surface area contributed by atoms with Crippen LogP contribution in [-0.4, -0.2) is 73.7 Å². The molecular formula is C15H33N5. The molecule has 0 radical (unpaired) electrons. The molecule has 0 amide bonds. The summed E-state index contributed by atoms with van der Waals surface area (Å²) in [5.41, 5.74) is 0.0398. The molecule has 5 heteroatoms. The summed E-state index contributed by atoms with van der Waals surface area (Å²) >= 11 is 0. The Labute approximate surface area is 124 Å². The van der Waals surface area contributed by atoms with Gasteiger partial charge in [0.15, 0.2) is 5.96 Å². The quantitative estimate of drug-likeness (QED) is 0.596. The summed E-state index contributed by atoms with van der Waals surface area (Å²) in [6, 6.07) is 0.499. The van der Waals surface area contributed by atoms with E-state index in [0.717, 1.165) is 45.2 Å². The predicted molar refractivity (Wildman–Crippen MR) is 87.4 cm³/mol. The van der Waals surface area contributed by atoms with Crippen LogP contribution in [0, 0.1) is 0 Å². The third-order valence-corrected chi connectivity index (χ3v) is 3.51. The number of aliphatic imine (C=N–C) groups is 1. The van der Waals surface area contributed by atoms with Crippen LogP contribution >= 0.6 is 0 Å². The molecule has 0 aromatic heterocycles. The number of likely N-dealkylation sites (N-methyl/N-ethyl adjacent to an activating group) is 1. The highest BCUT2D eigenvalue weighted by Gasteiger charge is 2.19. The van der Waals surface area contributed by atoms with Crippen molar-refractivity contribution in [3.8, 4) is 0 Å². The number of hydrogen-bond donors (Lipinski definition) is 2. The van der Waals surface area contributed by atoms with E-state index in [1.807, 2.05) is 0 Å². The molecule has 0 aromatic carbocycles. The SMILES string of the molecule is CCNC(=NCC(C)N1CCN(C)CC1)NC(C)(C)C. The van der Waals surface area contributed by atoms with E-state index >= 15 is 0 Å². The molecule has 0 bridgehead atoms. The van der Waals surface area contributed by atoms with Crippen molar-refractivity contribution in [2.24, 2.45) is 4.99 Å². The maximum atomic E-state index is 4.73. The number of piperazine rings is 1. The summed E-state index contributed by atoms with van der Waals surface area (Å²) in [7, 11) is 2.19. The molecule has 1 saturated heterocycles. The molecule has 1 aliphatic heterocycles. The van der Waals surface area contributed by atoms with Crippen molar-refractivity contribution < 1.29 is 0 Å². The van der Waals surface area contributed by atoms with Gasteiger partial charge in [-0.25, -0.2) is 0 Å². The molecule has 1 heterocycles. The van der Waals surface area contributed by atoms with Crippen LogP contribution < -0.4 is 10.6 Å². The summed E-state index contributed by atoms with van der Waals surface area (Å²) in [4.78, 5) is 9.65. The van der Waals surface area contributed by atoms with E-state index < -0.39 is 0 Å². The molecule has 0 aromatic rings. The van der Waals surface area contributed by atoms with Crippen LogP contribution in [0.25, 0.3) is 0 Å². The first-order chi connectivity index (χ1) is 9.31. The van der Waals surface area contributed by atoms with E-state index in [0.29, 0.717) is 6.04 Å². The van der Waals surface area contributed by atoms with Crippen LogP contribution in [-0.2, 0) is 0 Å². The van der Waals surface area contributed by atoms with Crippen molar-refractivity contribution in [3.05, 3.63) is 0 Å². The Morgan fingerprint density at radius 3 is 2.30 bits per heavy atom. The second-order valence-corrected chi connectivity index (χ2v) is 6.78. The molecule has 20 heavy (non-hydrogen) atoms. The van der Waals surface area contributed by atoms with Crippen molar-refractivity contribution in [1.82, 2.24) is 20.4 Å². The minimum atomic E-state index is 0.0398. The van der Waals surface area contributed by atoms with E-state index in [1.165, 1.54) is 0 Å². The number of nitrogens with one attached hydrogen (secondary N) is 2. The lowest BCUT2D eigenvalue weighted by atomic mass is 10.1. The molecule has 1 rings (SSSR count). The maximum absolute atomic E-state index is 4.73. The van der Waals surface area contributed by atoms with Gasteiger partial charge in [-0.05, 0) is 41.7 Å². The van der Waals surface area contributed by atoms with E-state index in [9.17, 15) is 0 Å². The van der Waals surface area contributed by atoms with Gasteiger partial charge in [-0.1, -0.05) is 0 Å². The van der Waals surface area contributed by atoms with Crippen molar-refractivity contribution >= 4 is 5.96 Å². The molecule has 1 aliphatic rings. The van der Waals surface area contributed by atoms with Gasteiger partial charge in [0.2, 0.25) is 0 Å². The number of guanidine groups is 1. The molecule has 0 aliphatic carbocycles. The zero-order chi connectivity index (χ0) is 15.2. The van der Waals surface area contributed by atoms with E-state index in [4.69, 9.17) is 4.99 Å². The van der Waals surface area contributed by atoms with Crippen molar-refractivity contribution in [2.75, 3.05) is 46.3 Å². The van der Waals surface area contributed by atoms with Crippen LogP contribution in [0.4, 0.5) is 0 Å². The van der Waals surface area contributed by atoms with Gasteiger partial charge in [-0.2, -0.15) is 0 Å². The largest absolute Gasteiger partial charge is 0.357 e. The van der Waals surface area contributed by atoms with E-state index in [-0.39, 0.29) is 5.54 Å². The van der Waals surface area contributed by atoms with Crippen LogP contribution in [0.3, 0.4) is 0 Å². The predicted octanol–water partition coefficient (Wildman–Crippen LogP) is 0.976. The standard InChI is InChI=1S/C15H33N5/c1-7-16-14(18-15(3,4)5)17-12-13(2)20-10-8-19(6)9-11-20/h13H,7-12H2,1-6H3,(H2,16,17,18). The van der Waals surface area contributed by atoms with Gasteiger partial charge in [0.1, 0.15) is 0 Å². The molecule has 5 nitrogen and oxygen atoms in total. The average molecular weight is 283 g/mol. The Hall–Kier alpha value is -0.810. The fraction of sp³-hybridized carbons (Fsp3) is 0.933. The molecule has 1 atom stereocenters. The lowest BCUT2D eigenvalue weighted by molar-refractivity contribution is 0.122. The molecule has 1 unspecified atom stereocenters. The summed E-state index contributed by atoms with van der Waals surface area (Å²) in [6.07, 6.45) is 0. The Kier molecular flexibility index (Phi) is 6.76. The van der Waals surface area contributed by atoms with Crippen LogP contribution in [0.5, 0.6) is 0 Å². The first-order valence-electron chi connectivity index (χ1n) is 7.81. The number of nitrogens with zero attached hydrogens (tertiary/aromatic N) is 3. The zero-order valence-electron chi connectivity index (χ0n) is 14.2. The zero-order valence-corrected chi connectivity index (χ0v) is 14.2. The first kappa shape index (κ1) is 17.2. The Morgan fingerprint density at radius 1 is 1.20 bits per heavy atom. The molecule has 1 fully saturated rings. The second kappa shape index (κ2) is 7.84. The van der Waals surface area contributed by atoms with Crippen molar-refractivity contribution in [3.63, 3.8) is 0 Å². The van der Waals surface area contributed by atoms with Gasteiger partial charge in [-0.15, -0.1) is 0 Å². The molecule has 0 saturated carbocycles. The summed E-state index contributed by atoms with van der Waals surface area (Å²) in [5, 5.41) is 6.75. The molecule has 2 N–H and O–H groups in total. The summed E-state index contributed by atoms with van der Waals surface area (Å²) < 4.78 is 0. The highest BCUT2D eigenvalue weighted by Crippen LogP contribution is 2.05. The first-order valence-corrected chi connectivity index (χ1v) is 7.81. The highest BCUT2D eigenvalue weighted by atomic mass is 15.3. The van der Waals surface area contributed by atoms with Gasteiger partial charge < -0.3 is 15.5 Å².